The van der Waals surface area contributed by atoms with Crippen molar-refractivity contribution in [1.82, 2.24) is 9.80 Å². The third kappa shape index (κ3) is 7.03. The van der Waals surface area contributed by atoms with Crippen LogP contribution in [0.3, 0.4) is 0 Å². The van der Waals surface area contributed by atoms with Crippen LogP contribution in [0.5, 0.6) is 11.5 Å². The molecule has 180 valence electrons. The summed E-state index contributed by atoms with van der Waals surface area (Å²) in [4.78, 5) is 29.6. The Bertz CT molecular complexity index is 1030. The van der Waals surface area contributed by atoms with E-state index < -0.39 is 0 Å². The van der Waals surface area contributed by atoms with Crippen molar-refractivity contribution in [2.75, 3.05) is 32.6 Å². The van der Waals surface area contributed by atoms with E-state index in [2.05, 4.69) is 5.32 Å². The molecule has 0 aliphatic heterocycles. The maximum absolute atomic E-state index is 13.3. The lowest BCUT2D eigenvalue weighted by atomic mass is 10.2. The first-order valence-electron chi connectivity index (χ1n) is 11.2. The maximum atomic E-state index is 13.3. The molecule has 0 radical (unpaired) electrons. The van der Waals surface area contributed by atoms with Crippen LogP contribution in [-0.2, 0) is 17.9 Å². The summed E-state index contributed by atoms with van der Waals surface area (Å²) in [6.07, 6.45) is 2.29. The highest BCUT2D eigenvalue weighted by Crippen LogP contribution is 2.26. The second-order valence-electron chi connectivity index (χ2n) is 7.77. The maximum Gasteiger partial charge on any atom is 0.322 e. The van der Waals surface area contributed by atoms with Crippen LogP contribution in [0.1, 0.15) is 24.7 Å². The molecule has 3 amide bonds. The minimum Gasteiger partial charge on any atom is -0.497 e. The lowest BCUT2D eigenvalue weighted by molar-refractivity contribution is -0.133. The van der Waals surface area contributed by atoms with Gasteiger partial charge in [0.05, 0.1) is 27.0 Å². The number of hydrogen-bond donors (Lipinski definition) is 1. The van der Waals surface area contributed by atoms with Gasteiger partial charge in [0.1, 0.15) is 23.8 Å². The van der Waals surface area contributed by atoms with E-state index in [9.17, 15) is 9.59 Å². The molecule has 0 saturated heterocycles. The molecule has 0 saturated carbocycles. The van der Waals surface area contributed by atoms with Crippen molar-refractivity contribution in [2.24, 2.45) is 0 Å². The largest absolute Gasteiger partial charge is 0.497 e. The molecular weight excluding hydrogens is 434 g/mol. The summed E-state index contributed by atoms with van der Waals surface area (Å²) in [6.45, 7) is 3.06. The van der Waals surface area contributed by atoms with E-state index in [0.29, 0.717) is 49.0 Å². The van der Waals surface area contributed by atoms with Crippen molar-refractivity contribution >= 4 is 17.6 Å². The van der Waals surface area contributed by atoms with Gasteiger partial charge in [-0.15, -0.1) is 0 Å². The third-order valence-electron chi connectivity index (χ3n) is 5.21. The molecule has 0 fully saturated rings. The summed E-state index contributed by atoms with van der Waals surface area (Å²) in [6, 6.07) is 18.1. The molecule has 8 heteroatoms. The first-order chi connectivity index (χ1) is 16.5. The Kier molecular flexibility index (Phi) is 8.96. The fraction of sp³-hybridized carbons (Fsp3) is 0.308. The zero-order valence-corrected chi connectivity index (χ0v) is 19.8. The highest BCUT2D eigenvalue weighted by atomic mass is 16.5. The Hall–Kier alpha value is -3.94. The Morgan fingerprint density at radius 3 is 2.21 bits per heavy atom. The van der Waals surface area contributed by atoms with Gasteiger partial charge in [0.2, 0.25) is 5.91 Å². The monoisotopic (exact) mass is 465 g/mol. The van der Waals surface area contributed by atoms with E-state index in [1.54, 1.807) is 49.6 Å². The average molecular weight is 466 g/mol. The van der Waals surface area contributed by atoms with E-state index in [0.717, 1.165) is 5.56 Å². The van der Waals surface area contributed by atoms with Gasteiger partial charge in [0, 0.05) is 37.0 Å². The van der Waals surface area contributed by atoms with Crippen molar-refractivity contribution in [3.63, 3.8) is 0 Å². The van der Waals surface area contributed by atoms with Gasteiger partial charge in [-0.1, -0.05) is 37.3 Å². The number of amides is 3. The van der Waals surface area contributed by atoms with Gasteiger partial charge in [-0.05, 0) is 24.1 Å². The van der Waals surface area contributed by atoms with Crippen molar-refractivity contribution < 1.29 is 23.5 Å². The van der Waals surface area contributed by atoms with Gasteiger partial charge >= 0.3 is 6.03 Å². The van der Waals surface area contributed by atoms with Crippen LogP contribution < -0.4 is 14.8 Å². The second-order valence-corrected chi connectivity index (χ2v) is 7.77. The Labute approximate surface area is 200 Å². The van der Waals surface area contributed by atoms with Crippen LogP contribution in [0, 0.1) is 0 Å². The number of benzene rings is 2. The Morgan fingerprint density at radius 1 is 0.912 bits per heavy atom. The van der Waals surface area contributed by atoms with Gasteiger partial charge < -0.3 is 29.0 Å². The van der Waals surface area contributed by atoms with Crippen LogP contribution in [0.2, 0.25) is 0 Å². The lowest BCUT2D eigenvalue weighted by Crippen LogP contribution is -2.44. The highest BCUT2D eigenvalue weighted by molar-refractivity contribution is 5.92. The number of rotatable bonds is 11. The number of nitrogens with zero attached hydrogens (tertiary/aromatic N) is 2. The number of carbonyl (C=O) groups is 2. The second kappa shape index (κ2) is 12.3. The summed E-state index contributed by atoms with van der Waals surface area (Å²) in [5.41, 5.74) is 1.52. The molecular formula is C26H31N3O5. The van der Waals surface area contributed by atoms with Crippen LogP contribution in [0.4, 0.5) is 10.5 Å². The van der Waals surface area contributed by atoms with Crippen molar-refractivity contribution in [3.05, 3.63) is 78.3 Å². The summed E-state index contributed by atoms with van der Waals surface area (Å²) < 4.78 is 16.0. The molecule has 34 heavy (non-hydrogen) atoms. The molecule has 0 spiro atoms. The summed E-state index contributed by atoms with van der Waals surface area (Å²) in [5.74, 6) is 1.62. The molecule has 3 aromatic rings. The summed E-state index contributed by atoms with van der Waals surface area (Å²) in [5, 5.41) is 2.85. The van der Waals surface area contributed by atoms with E-state index in [4.69, 9.17) is 13.9 Å². The molecule has 0 aliphatic rings. The molecule has 0 aliphatic carbocycles. The van der Waals surface area contributed by atoms with E-state index in [1.807, 2.05) is 43.3 Å². The van der Waals surface area contributed by atoms with Crippen LogP contribution in [0.15, 0.2) is 71.3 Å². The topological polar surface area (TPSA) is 84.3 Å². The average Bonchev–Trinajstić information content (AvgIpc) is 3.36. The first-order valence-corrected chi connectivity index (χ1v) is 11.2. The quantitative estimate of drug-likeness (QED) is 0.441. The summed E-state index contributed by atoms with van der Waals surface area (Å²) >= 11 is 0. The molecule has 1 N–H and O–H groups in total. The van der Waals surface area contributed by atoms with Crippen LogP contribution in [0.25, 0.3) is 0 Å². The molecule has 8 nitrogen and oxygen atoms in total. The van der Waals surface area contributed by atoms with Crippen molar-refractivity contribution in [2.45, 2.75) is 26.4 Å². The van der Waals surface area contributed by atoms with E-state index in [1.165, 1.54) is 4.90 Å². The minimum atomic E-state index is -0.372. The number of hydrogen-bond acceptors (Lipinski definition) is 5. The molecule has 1 heterocycles. The predicted octanol–water partition coefficient (Wildman–Crippen LogP) is 4.77. The number of ether oxygens (including phenoxy) is 2. The molecule has 0 atom stereocenters. The standard InChI is InChI=1S/C26H31N3O5/c1-4-12-28(26(31)27-21-14-23(32-2)16-24(15-21)33-3)19-25(30)29(18-22-11-8-13-34-22)17-20-9-6-5-7-10-20/h5-11,13-16H,4,12,17-19H2,1-3H3,(H,27,31). The van der Waals surface area contributed by atoms with Crippen LogP contribution in [-0.4, -0.2) is 49.0 Å². The number of methoxy groups -OCH3 is 2. The Balaban J connectivity index is 1.74. The summed E-state index contributed by atoms with van der Waals surface area (Å²) in [7, 11) is 3.09. The predicted molar refractivity (Wildman–Crippen MR) is 130 cm³/mol. The number of furan rings is 1. The lowest BCUT2D eigenvalue weighted by Gasteiger charge is -2.27. The molecule has 0 unspecified atom stereocenters. The molecule has 2 aromatic carbocycles. The SMILES string of the molecule is CCCN(CC(=O)N(Cc1ccccc1)Cc1ccco1)C(=O)Nc1cc(OC)cc(OC)c1. The minimum absolute atomic E-state index is 0.0612. The van der Waals surface area contributed by atoms with Gasteiger partial charge in [-0.3, -0.25) is 4.79 Å². The van der Waals surface area contributed by atoms with E-state index >= 15 is 0 Å². The van der Waals surface area contributed by atoms with E-state index in [-0.39, 0.29) is 18.5 Å². The van der Waals surface area contributed by atoms with Crippen molar-refractivity contribution in [1.29, 1.82) is 0 Å². The van der Waals surface area contributed by atoms with Crippen molar-refractivity contribution in [3.8, 4) is 11.5 Å². The fourth-order valence-electron chi connectivity index (χ4n) is 3.49. The van der Waals surface area contributed by atoms with Gasteiger partial charge in [-0.25, -0.2) is 4.79 Å². The highest BCUT2D eigenvalue weighted by Gasteiger charge is 2.22. The number of nitrogens with one attached hydrogen (secondary N) is 1. The molecule has 0 bridgehead atoms. The van der Waals surface area contributed by atoms with Gasteiger partial charge in [0.15, 0.2) is 0 Å². The fourth-order valence-corrected chi connectivity index (χ4v) is 3.49. The molecule has 1 aromatic heterocycles. The number of anilines is 1. The van der Waals surface area contributed by atoms with Gasteiger partial charge in [0.25, 0.3) is 0 Å². The Morgan fingerprint density at radius 2 is 1.62 bits per heavy atom. The smallest absolute Gasteiger partial charge is 0.322 e. The number of carbonyl (C=O) groups excluding carboxylic acids is 2. The first kappa shape index (κ1) is 24.7. The number of urea groups is 1. The normalized spacial score (nSPS) is 10.4. The van der Waals surface area contributed by atoms with Gasteiger partial charge in [-0.2, -0.15) is 0 Å². The molecule has 3 rings (SSSR count). The third-order valence-corrected chi connectivity index (χ3v) is 5.21. The zero-order chi connectivity index (χ0) is 24.3. The zero-order valence-electron chi connectivity index (χ0n) is 19.8. The van der Waals surface area contributed by atoms with Crippen LogP contribution >= 0.6 is 0 Å².